The van der Waals surface area contributed by atoms with E-state index in [-0.39, 0.29) is 24.0 Å². The minimum absolute atomic E-state index is 0. The molecule has 1 heterocycles. The highest BCUT2D eigenvalue weighted by Gasteiger charge is 1.83. The van der Waals surface area contributed by atoms with Crippen molar-refractivity contribution in [3.05, 3.63) is 30.1 Å². The number of hydrogen-bond acceptors (Lipinski definition) is 1. The molecule has 0 aliphatic rings. The molecule has 0 fully saturated rings. The van der Waals surface area contributed by atoms with Crippen LogP contribution in [0.25, 0.3) is 0 Å². The summed E-state index contributed by atoms with van der Waals surface area (Å²) in [5.41, 5.74) is 1.08. The second-order valence-electron chi connectivity index (χ2n) is 1.45. The van der Waals surface area contributed by atoms with Gasteiger partial charge in [0.15, 0.2) is 0 Å². The van der Waals surface area contributed by atoms with Crippen LogP contribution in [0.2, 0.25) is 0 Å². The Balaban J connectivity index is 0.000000640. The average molecular weight is 300 g/mol. The predicted molar refractivity (Wildman–Crippen MR) is 52.3 cm³/mol. The van der Waals surface area contributed by atoms with E-state index in [4.69, 9.17) is 0 Å². The molecule has 0 unspecified atom stereocenters. The Labute approximate surface area is 80.0 Å². The van der Waals surface area contributed by atoms with Crippen molar-refractivity contribution in [1.82, 2.24) is 4.98 Å². The summed E-state index contributed by atoms with van der Waals surface area (Å²) in [6, 6.07) is 5.87. The van der Waals surface area contributed by atoms with E-state index in [1.54, 1.807) is 6.20 Å². The average Bonchev–Trinajstić information content (AvgIpc) is 1.90. The van der Waals surface area contributed by atoms with E-state index in [0.717, 1.165) is 11.0 Å². The maximum Gasteiger partial charge on any atom is 0.0509 e. The van der Waals surface area contributed by atoms with Crippen molar-refractivity contribution in [3.63, 3.8) is 0 Å². The molecular formula is C6H7BrIN. The summed E-state index contributed by atoms with van der Waals surface area (Å²) in [4.78, 5) is 4.05. The monoisotopic (exact) mass is 299 g/mol. The highest BCUT2D eigenvalue weighted by molar-refractivity contribution is 14.0. The van der Waals surface area contributed by atoms with Crippen LogP contribution in [0.15, 0.2) is 24.4 Å². The van der Waals surface area contributed by atoms with E-state index in [1.165, 1.54) is 0 Å². The fourth-order valence-corrected chi connectivity index (χ4v) is 0.809. The molecule has 1 nitrogen and oxygen atoms in total. The summed E-state index contributed by atoms with van der Waals surface area (Å²) in [7, 11) is 0. The molecule has 9 heavy (non-hydrogen) atoms. The first kappa shape index (κ1) is 9.36. The van der Waals surface area contributed by atoms with Crippen molar-refractivity contribution >= 4 is 39.9 Å². The molecule has 0 aliphatic carbocycles. The summed E-state index contributed by atoms with van der Waals surface area (Å²) in [5, 5.41) is 0.841. The lowest BCUT2D eigenvalue weighted by molar-refractivity contribution is 1.19. The molecule has 0 atom stereocenters. The summed E-state index contributed by atoms with van der Waals surface area (Å²) in [6.07, 6.45) is 1.79. The molecule has 0 amide bonds. The van der Waals surface area contributed by atoms with Crippen LogP contribution in [0.5, 0.6) is 0 Å². The second kappa shape index (κ2) is 5.17. The van der Waals surface area contributed by atoms with Gasteiger partial charge in [0.2, 0.25) is 0 Å². The number of nitrogens with zero attached hydrogens (tertiary/aromatic N) is 1. The normalized spacial score (nSPS) is 8.11. The largest absolute Gasteiger partial charge is 0.260 e. The molecule has 1 aromatic rings. The van der Waals surface area contributed by atoms with E-state index in [1.807, 2.05) is 18.2 Å². The van der Waals surface area contributed by atoms with Crippen molar-refractivity contribution in [2.45, 2.75) is 5.33 Å². The zero-order valence-corrected chi connectivity index (χ0v) is 8.67. The summed E-state index contributed by atoms with van der Waals surface area (Å²) in [6.45, 7) is 0. The Hall–Kier alpha value is 0.360. The SMILES string of the molecule is BrCc1ccccn1.I. The van der Waals surface area contributed by atoms with Gasteiger partial charge < -0.3 is 0 Å². The number of alkyl halides is 1. The first-order valence-electron chi connectivity index (χ1n) is 2.39. The van der Waals surface area contributed by atoms with E-state index < -0.39 is 0 Å². The highest BCUT2D eigenvalue weighted by atomic mass is 127. The Kier molecular flexibility index (Phi) is 5.38. The number of rotatable bonds is 1. The Bertz CT molecular complexity index is 154. The van der Waals surface area contributed by atoms with Gasteiger partial charge in [-0.1, -0.05) is 22.0 Å². The highest BCUT2D eigenvalue weighted by Crippen LogP contribution is 1.97. The molecule has 0 aliphatic heterocycles. The van der Waals surface area contributed by atoms with Gasteiger partial charge in [-0.2, -0.15) is 0 Å². The topological polar surface area (TPSA) is 12.9 Å². The van der Waals surface area contributed by atoms with Crippen LogP contribution < -0.4 is 0 Å². The van der Waals surface area contributed by atoms with Crippen molar-refractivity contribution in [2.24, 2.45) is 0 Å². The molecule has 0 aromatic carbocycles. The van der Waals surface area contributed by atoms with Crippen molar-refractivity contribution in [1.29, 1.82) is 0 Å². The third kappa shape index (κ3) is 3.15. The van der Waals surface area contributed by atoms with Crippen LogP contribution in [0.3, 0.4) is 0 Å². The van der Waals surface area contributed by atoms with Gasteiger partial charge in [0.1, 0.15) is 0 Å². The van der Waals surface area contributed by atoms with Gasteiger partial charge >= 0.3 is 0 Å². The maximum absolute atomic E-state index is 4.05. The number of hydrogen-bond donors (Lipinski definition) is 0. The van der Waals surface area contributed by atoms with Crippen LogP contribution in [0.4, 0.5) is 0 Å². The van der Waals surface area contributed by atoms with E-state index >= 15 is 0 Å². The molecule has 0 radical (unpaired) electrons. The third-order valence-corrected chi connectivity index (χ3v) is 1.44. The van der Waals surface area contributed by atoms with Crippen LogP contribution in [0, 0.1) is 0 Å². The molecule has 1 aromatic heterocycles. The summed E-state index contributed by atoms with van der Waals surface area (Å²) in [5.74, 6) is 0. The fourth-order valence-electron chi connectivity index (χ4n) is 0.477. The number of halogens is 2. The number of aromatic nitrogens is 1. The molecule has 3 heteroatoms. The van der Waals surface area contributed by atoms with Gasteiger partial charge in [0, 0.05) is 11.5 Å². The van der Waals surface area contributed by atoms with Gasteiger partial charge in [0.25, 0.3) is 0 Å². The van der Waals surface area contributed by atoms with Crippen LogP contribution in [0.1, 0.15) is 5.69 Å². The third-order valence-electron chi connectivity index (χ3n) is 0.863. The zero-order valence-electron chi connectivity index (χ0n) is 4.75. The Morgan fingerprint density at radius 2 is 2.22 bits per heavy atom. The van der Waals surface area contributed by atoms with E-state index in [2.05, 4.69) is 20.9 Å². The number of pyridine rings is 1. The van der Waals surface area contributed by atoms with Crippen molar-refractivity contribution < 1.29 is 0 Å². The van der Waals surface area contributed by atoms with Crippen LogP contribution in [-0.2, 0) is 5.33 Å². The minimum atomic E-state index is 0. The van der Waals surface area contributed by atoms with Crippen LogP contribution in [-0.4, -0.2) is 4.98 Å². The second-order valence-corrected chi connectivity index (χ2v) is 2.02. The van der Waals surface area contributed by atoms with Crippen molar-refractivity contribution in [3.8, 4) is 0 Å². The Morgan fingerprint density at radius 1 is 1.44 bits per heavy atom. The Morgan fingerprint density at radius 3 is 2.56 bits per heavy atom. The van der Waals surface area contributed by atoms with Gasteiger partial charge in [-0.05, 0) is 12.1 Å². The van der Waals surface area contributed by atoms with Gasteiger partial charge in [-0.3, -0.25) is 4.98 Å². The summed E-state index contributed by atoms with van der Waals surface area (Å²) < 4.78 is 0. The predicted octanol–water partition coefficient (Wildman–Crippen LogP) is 2.59. The van der Waals surface area contributed by atoms with E-state index in [9.17, 15) is 0 Å². The van der Waals surface area contributed by atoms with Gasteiger partial charge in [-0.15, -0.1) is 24.0 Å². The first-order valence-corrected chi connectivity index (χ1v) is 3.51. The molecule has 0 saturated heterocycles. The first-order chi connectivity index (χ1) is 3.93. The van der Waals surface area contributed by atoms with Gasteiger partial charge in [0.05, 0.1) is 5.69 Å². The minimum Gasteiger partial charge on any atom is -0.260 e. The van der Waals surface area contributed by atoms with Crippen molar-refractivity contribution in [2.75, 3.05) is 0 Å². The summed E-state index contributed by atoms with van der Waals surface area (Å²) >= 11 is 3.29. The molecule has 0 saturated carbocycles. The van der Waals surface area contributed by atoms with E-state index in [0.29, 0.717) is 0 Å². The zero-order chi connectivity index (χ0) is 5.82. The smallest absolute Gasteiger partial charge is 0.0509 e. The van der Waals surface area contributed by atoms with Gasteiger partial charge in [-0.25, -0.2) is 0 Å². The lowest BCUT2D eigenvalue weighted by Gasteiger charge is -1.87. The molecule has 0 bridgehead atoms. The molecule has 0 spiro atoms. The maximum atomic E-state index is 4.05. The molecule has 50 valence electrons. The molecular weight excluding hydrogens is 293 g/mol. The molecule has 0 N–H and O–H groups in total. The fraction of sp³-hybridized carbons (Fsp3) is 0.167. The quantitative estimate of drug-likeness (QED) is 0.574. The lowest BCUT2D eigenvalue weighted by Crippen LogP contribution is -1.78. The van der Waals surface area contributed by atoms with Crippen LogP contribution >= 0.6 is 39.9 Å². The lowest BCUT2D eigenvalue weighted by atomic mass is 10.4. The standard InChI is InChI=1S/C6H6BrN.HI/c7-5-6-3-1-2-4-8-6;/h1-4H,5H2;1H. The molecule has 1 rings (SSSR count).